The molecule has 108 valence electrons. The van der Waals surface area contributed by atoms with Gasteiger partial charge in [-0.2, -0.15) is 0 Å². The third-order valence-electron chi connectivity index (χ3n) is 3.16. The highest BCUT2D eigenvalue weighted by atomic mass is 79.9. The number of halogens is 1. The van der Waals surface area contributed by atoms with Crippen LogP contribution in [0.15, 0.2) is 33.6 Å². The van der Waals surface area contributed by atoms with Gasteiger partial charge in [-0.1, -0.05) is 26.0 Å². The van der Waals surface area contributed by atoms with Crippen molar-refractivity contribution in [1.29, 1.82) is 0 Å². The average Bonchev–Trinajstić information content (AvgIpc) is 2.35. The second-order valence-corrected chi connectivity index (χ2v) is 7.82. The summed E-state index contributed by atoms with van der Waals surface area (Å²) in [4.78, 5) is 0.288. The zero-order valence-electron chi connectivity index (χ0n) is 11.5. The molecule has 0 bridgehead atoms. The molecule has 0 aliphatic carbocycles. The minimum Gasteiger partial charge on any atom is -0.327 e. The summed E-state index contributed by atoms with van der Waals surface area (Å²) < 4.78 is 26.7. The van der Waals surface area contributed by atoms with E-state index in [0.717, 1.165) is 0 Å². The lowest BCUT2D eigenvalue weighted by Gasteiger charge is -2.21. The van der Waals surface area contributed by atoms with Crippen LogP contribution in [0.3, 0.4) is 0 Å². The molecule has 1 atom stereocenters. The highest BCUT2D eigenvalue weighted by Crippen LogP contribution is 2.24. The van der Waals surface area contributed by atoms with Gasteiger partial charge in [0.15, 0.2) is 0 Å². The second-order valence-electron chi connectivity index (χ2n) is 4.95. The molecule has 0 heterocycles. The Labute approximate surface area is 124 Å². The van der Waals surface area contributed by atoms with Gasteiger partial charge in [0.1, 0.15) is 0 Å². The minimum absolute atomic E-state index is 0.0110. The first-order valence-corrected chi connectivity index (χ1v) is 8.46. The van der Waals surface area contributed by atoms with Crippen LogP contribution in [-0.4, -0.2) is 32.4 Å². The van der Waals surface area contributed by atoms with Crippen molar-refractivity contribution >= 4 is 26.0 Å². The maximum Gasteiger partial charge on any atom is 0.243 e. The van der Waals surface area contributed by atoms with E-state index in [2.05, 4.69) is 15.9 Å². The molecule has 0 spiro atoms. The van der Waals surface area contributed by atoms with Crippen LogP contribution in [0.25, 0.3) is 0 Å². The Hall–Kier alpha value is -0.430. The van der Waals surface area contributed by atoms with Crippen LogP contribution < -0.4 is 5.73 Å². The lowest BCUT2D eigenvalue weighted by molar-refractivity contribution is 0.397. The lowest BCUT2D eigenvalue weighted by Crippen LogP contribution is -2.34. The smallest absolute Gasteiger partial charge is 0.243 e. The molecule has 2 N–H and O–H groups in total. The number of benzene rings is 1. The summed E-state index contributed by atoms with van der Waals surface area (Å²) in [6.07, 6.45) is 0.651. The molecule has 0 aromatic heterocycles. The molecular formula is C13H21BrN2O2S. The third kappa shape index (κ3) is 4.27. The Kier molecular flexibility index (Phi) is 5.98. The van der Waals surface area contributed by atoms with E-state index in [9.17, 15) is 8.42 Å². The van der Waals surface area contributed by atoms with Crippen LogP contribution in [0.5, 0.6) is 0 Å². The Balaban J connectivity index is 2.81. The summed E-state index contributed by atoms with van der Waals surface area (Å²) in [6.45, 7) is 4.49. The summed E-state index contributed by atoms with van der Waals surface area (Å²) in [6, 6.07) is 6.83. The predicted octanol–water partition coefficient (Wildman–Crippen LogP) is 2.44. The fraction of sp³-hybridized carbons (Fsp3) is 0.538. The van der Waals surface area contributed by atoms with Gasteiger partial charge in [-0.25, -0.2) is 12.7 Å². The summed E-state index contributed by atoms with van der Waals surface area (Å²) in [5.74, 6) is 0.347. The number of nitrogens with zero attached hydrogens (tertiary/aromatic N) is 1. The van der Waals surface area contributed by atoms with Crippen molar-refractivity contribution in [3.8, 4) is 0 Å². The van der Waals surface area contributed by atoms with E-state index < -0.39 is 10.0 Å². The molecule has 1 rings (SSSR count). The van der Waals surface area contributed by atoms with Gasteiger partial charge in [-0.15, -0.1) is 0 Å². The van der Waals surface area contributed by atoms with Crippen molar-refractivity contribution in [2.45, 2.75) is 31.2 Å². The van der Waals surface area contributed by atoms with Gasteiger partial charge < -0.3 is 5.73 Å². The molecule has 1 aromatic rings. The average molecular weight is 349 g/mol. The second kappa shape index (κ2) is 6.83. The molecule has 0 fully saturated rings. The highest BCUT2D eigenvalue weighted by molar-refractivity contribution is 9.10. The van der Waals surface area contributed by atoms with Crippen LogP contribution >= 0.6 is 15.9 Å². The predicted molar refractivity (Wildman–Crippen MR) is 81.4 cm³/mol. The van der Waals surface area contributed by atoms with Crippen molar-refractivity contribution in [2.75, 3.05) is 13.6 Å². The normalized spacial score (nSPS) is 14.1. The zero-order chi connectivity index (χ0) is 14.6. The van der Waals surface area contributed by atoms with Gasteiger partial charge in [0.05, 0.1) is 4.90 Å². The Morgan fingerprint density at radius 3 is 2.42 bits per heavy atom. The molecule has 1 aromatic carbocycles. The van der Waals surface area contributed by atoms with Crippen molar-refractivity contribution in [1.82, 2.24) is 4.31 Å². The van der Waals surface area contributed by atoms with E-state index in [1.54, 1.807) is 31.3 Å². The van der Waals surface area contributed by atoms with Gasteiger partial charge in [-0.3, -0.25) is 0 Å². The lowest BCUT2D eigenvalue weighted by atomic mass is 10.0. The number of hydrogen-bond acceptors (Lipinski definition) is 3. The first-order chi connectivity index (χ1) is 8.76. The molecule has 19 heavy (non-hydrogen) atoms. The van der Waals surface area contributed by atoms with Crippen LogP contribution in [0, 0.1) is 5.92 Å². The van der Waals surface area contributed by atoms with E-state index in [1.165, 1.54) is 4.31 Å². The van der Waals surface area contributed by atoms with Gasteiger partial charge in [0, 0.05) is 24.1 Å². The summed E-state index contributed by atoms with van der Waals surface area (Å²) in [5.41, 5.74) is 5.95. The fourth-order valence-electron chi connectivity index (χ4n) is 1.61. The molecule has 1 unspecified atom stereocenters. The highest BCUT2D eigenvalue weighted by Gasteiger charge is 2.23. The maximum absolute atomic E-state index is 12.4. The van der Waals surface area contributed by atoms with E-state index in [4.69, 9.17) is 5.73 Å². The van der Waals surface area contributed by atoms with Crippen LogP contribution in [0.1, 0.15) is 20.3 Å². The third-order valence-corrected chi connectivity index (χ3v) is 6.03. The number of nitrogens with two attached hydrogens (primary N) is 1. The van der Waals surface area contributed by atoms with Crippen molar-refractivity contribution in [2.24, 2.45) is 11.7 Å². The van der Waals surface area contributed by atoms with Crippen molar-refractivity contribution < 1.29 is 8.42 Å². The summed E-state index contributed by atoms with van der Waals surface area (Å²) in [5, 5.41) is 0. The molecule has 0 amide bonds. The quantitative estimate of drug-likeness (QED) is 0.858. The van der Waals surface area contributed by atoms with E-state index in [0.29, 0.717) is 23.4 Å². The molecule has 0 radical (unpaired) electrons. The van der Waals surface area contributed by atoms with Crippen molar-refractivity contribution in [3.05, 3.63) is 28.7 Å². The molecular weight excluding hydrogens is 328 g/mol. The first-order valence-electron chi connectivity index (χ1n) is 6.23. The largest absolute Gasteiger partial charge is 0.327 e. The number of sulfonamides is 1. The van der Waals surface area contributed by atoms with E-state index >= 15 is 0 Å². The molecule has 0 saturated carbocycles. The van der Waals surface area contributed by atoms with Gasteiger partial charge in [-0.05, 0) is 40.4 Å². The van der Waals surface area contributed by atoms with Crippen LogP contribution in [0.4, 0.5) is 0 Å². The van der Waals surface area contributed by atoms with Gasteiger partial charge in [0.2, 0.25) is 10.0 Å². The van der Waals surface area contributed by atoms with Crippen LogP contribution in [-0.2, 0) is 10.0 Å². The minimum atomic E-state index is -3.46. The van der Waals surface area contributed by atoms with Gasteiger partial charge in [0.25, 0.3) is 0 Å². The van der Waals surface area contributed by atoms with Crippen molar-refractivity contribution in [3.63, 3.8) is 0 Å². The molecule has 0 saturated heterocycles. The standard InChI is InChI=1S/C13H21BrN2O2S/c1-10(2)12(15)8-9-16(3)19(17,18)13-7-5-4-6-11(13)14/h4-7,10,12H,8-9,15H2,1-3H3. The van der Waals surface area contributed by atoms with E-state index in [1.807, 2.05) is 13.8 Å². The van der Waals surface area contributed by atoms with Crippen LogP contribution in [0.2, 0.25) is 0 Å². The Morgan fingerprint density at radius 2 is 1.89 bits per heavy atom. The Morgan fingerprint density at radius 1 is 1.32 bits per heavy atom. The Bertz CT molecular complexity index is 517. The SMILES string of the molecule is CC(C)C(N)CCN(C)S(=O)(=O)c1ccccc1Br. The monoisotopic (exact) mass is 348 g/mol. The number of hydrogen-bond donors (Lipinski definition) is 1. The molecule has 0 aliphatic heterocycles. The maximum atomic E-state index is 12.4. The number of rotatable bonds is 6. The first kappa shape index (κ1) is 16.6. The fourth-order valence-corrected chi connectivity index (χ4v) is 3.75. The summed E-state index contributed by atoms with van der Waals surface area (Å²) >= 11 is 3.27. The molecule has 0 aliphatic rings. The topological polar surface area (TPSA) is 63.4 Å². The van der Waals surface area contributed by atoms with Gasteiger partial charge >= 0.3 is 0 Å². The van der Waals surface area contributed by atoms with E-state index in [-0.39, 0.29) is 10.9 Å². The summed E-state index contributed by atoms with van der Waals surface area (Å²) in [7, 11) is -1.87. The zero-order valence-corrected chi connectivity index (χ0v) is 13.9. The molecule has 6 heteroatoms. The molecule has 4 nitrogen and oxygen atoms in total.